The summed E-state index contributed by atoms with van der Waals surface area (Å²) in [5, 5.41) is 17.8. The summed E-state index contributed by atoms with van der Waals surface area (Å²) in [5.74, 6) is -0.704. The summed E-state index contributed by atoms with van der Waals surface area (Å²) in [7, 11) is 0. The minimum atomic E-state index is -0.776. The first-order valence-electron chi connectivity index (χ1n) is 5.31. The molecule has 15 heavy (non-hydrogen) atoms. The number of hydrogen-bond donors (Lipinski definition) is 1. The number of rotatable bonds is 3. The van der Waals surface area contributed by atoms with Gasteiger partial charge in [-0.1, -0.05) is 0 Å². The van der Waals surface area contributed by atoms with Crippen LogP contribution in [-0.2, 0) is 4.79 Å². The van der Waals surface area contributed by atoms with E-state index in [4.69, 9.17) is 10.4 Å². The largest absolute Gasteiger partial charge is 0.481 e. The van der Waals surface area contributed by atoms with Crippen molar-refractivity contribution in [3.05, 3.63) is 0 Å². The first-order chi connectivity index (χ1) is 6.95. The van der Waals surface area contributed by atoms with Crippen molar-refractivity contribution in [2.75, 3.05) is 19.6 Å². The zero-order valence-corrected chi connectivity index (χ0v) is 9.36. The standard InChI is InChI=1S/C11H18N2O2/c1-11(2,10(14)15)8-13-5-3-4-9(6-12)7-13/h9H,3-5,7-8H2,1-2H3,(H,14,15). The van der Waals surface area contributed by atoms with Crippen LogP contribution in [0.4, 0.5) is 0 Å². The summed E-state index contributed by atoms with van der Waals surface area (Å²) < 4.78 is 0. The Morgan fingerprint density at radius 1 is 1.67 bits per heavy atom. The van der Waals surface area contributed by atoms with Crippen LogP contribution in [0.15, 0.2) is 0 Å². The monoisotopic (exact) mass is 210 g/mol. The predicted octanol–water partition coefficient (Wildman–Crippen LogP) is 1.33. The van der Waals surface area contributed by atoms with E-state index in [1.165, 1.54) is 0 Å². The van der Waals surface area contributed by atoms with E-state index in [-0.39, 0.29) is 5.92 Å². The van der Waals surface area contributed by atoms with Gasteiger partial charge in [-0.3, -0.25) is 4.79 Å². The molecule has 4 heteroatoms. The fourth-order valence-corrected chi connectivity index (χ4v) is 1.93. The Morgan fingerprint density at radius 3 is 2.87 bits per heavy atom. The Kier molecular flexibility index (Phi) is 3.70. The number of piperidine rings is 1. The molecule has 1 unspecified atom stereocenters. The van der Waals surface area contributed by atoms with Gasteiger partial charge < -0.3 is 10.0 Å². The zero-order chi connectivity index (χ0) is 11.5. The average Bonchev–Trinajstić information content (AvgIpc) is 2.17. The molecule has 1 rings (SSSR count). The molecule has 0 radical (unpaired) electrons. The van der Waals surface area contributed by atoms with Crippen LogP contribution in [0.3, 0.4) is 0 Å². The van der Waals surface area contributed by atoms with E-state index in [0.717, 1.165) is 19.4 Å². The second-order valence-corrected chi connectivity index (χ2v) is 4.89. The molecule has 0 aromatic carbocycles. The van der Waals surface area contributed by atoms with Gasteiger partial charge in [-0.15, -0.1) is 0 Å². The molecule has 0 spiro atoms. The Labute approximate surface area is 90.5 Å². The zero-order valence-electron chi connectivity index (χ0n) is 9.36. The van der Waals surface area contributed by atoms with Crippen molar-refractivity contribution in [1.82, 2.24) is 4.90 Å². The summed E-state index contributed by atoms with van der Waals surface area (Å²) in [5.41, 5.74) is -0.725. The first kappa shape index (κ1) is 12.0. The van der Waals surface area contributed by atoms with Crippen LogP contribution in [-0.4, -0.2) is 35.6 Å². The van der Waals surface area contributed by atoms with E-state index in [0.29, 0.717) is 13.1 Å². The molecule has 1 fully saturated rings. The number of carboxylic acid groups (broad SMARTS) is 1. The highest BCUT2D eigenvalue weighted by atomic mass is 16.4. The fraction of sp³-hybridized carbons (Fsp3) is 0.818. The molecule has 0 aromatic heterocycles. The van der Waals surface area contributed by atoms with Crippen LogP contribution in [0, 0.1) is 22.7 Å². The molecular weight excluding hydrogens is 192 g/mol. The third-order valence-corrected chi connectivity index (χ3v) is 2.89. The predicted molar refractivity (Wildman–Crippen MR) is 56.2 cm³/mol. The number of hydrogen-bond acceptors (Lipinski definition) is 3. The molecule has 0 bridgehead atoms. The molecule has 0 saturated carbocycles. The Balaban J connectivity index is 2.52. The lowest BCUT2D eigenvalue weighted by Crippen LogP contribution is -2.43. The van der Waals surface area contributed by atoms with E-state index in [9.17, 15) is 4.79 Å². The number of carboxylic acids is 1. The van der Waals surface area contributed by atoms with Crippen molar-refractivity contribution in [3.63, 3.8) is 0 Å². The Hall–Kier alpha value is -1.08. The lowest BCUT2D eigenvalue weighted by atomic mass is 9.91. The summed E-state index contributed by atoms with van der Waals surface area (Å²) in [6.45, 7) is 5.61. The number of carbonyl (C=O) groups is 1. The fourth-order valence-electron chi connectivity index (χ4n) is 1.93. The smallest absolute Gasteiger partial charge is 0.310 e. The van der Waals surface area contributed by atoms with E-state index in [1.54, 1.807) is 13.8 Å². The van der Waals surface area contributed by atoms with Gasteiger partial charge in [-0.2, -0.15) is 5.26 Å². The van der Waals surface area contributed by atoms with E-state index in [1.807, 2.05) is 0 Å². The van der Waals surface area contributed by atoms with Crippen LogP contribution in [0.2, 0.25) is 0 Å². The Morgan fingerprint density at radius 2 is 2.33 bits per heavy atom. The van der Waals surface area contributed by atoms with Gasteiger partial charge in [0.15, 0.2) is 0 Å². The Bertz CT molecular complexity index is 281. The van der Waals surface area contributed by atoms with Crippen molar-refractivity contribution in [3.8, 4) is 6.07 Å². The SMILES string of the molecule is CC(C)(CN1CCCC(C#N)C1)C(=O)O. The van der Waals surface area contributed by atoms with Crippen molar-refractivity contribution in [2.24, 2.45) is 11.3 Å². The van der Waals surface area contributed by atoms with Gasteiger partial charge in [0.2, 0.25) is 0 Å². The molecule has 1 aliphatic rings. The summed E-state index contributed by atoms with van der Waals surface area (Å²) in [4.78, 5) is 13.0. The lowest BCUT2D eigenvalue weighted by Gasteiger charge is -2.34. The molecule has 1 saturated heterocycles. The van der Waals surface area contributed by atoms with Crippen molar-refractivity contribution in [1.29, 1.82) is 5.26 Å². The molecular formula is C11H18N2O2. The summed E-state index contributed by atoms with van der Waals surface area (Å²) in [6.07, 6.45) is 1.94. The van der Waals surface area contributed by atoms with Gasteiger partial charge in [-0.25, -0.2) is 0 Å². The quantitative estimate of drug-likeness (QED) is 0.763. The molecule has 1 N–H and O–H groups in total. The van der Waals surface area contributed by atoms with Crippen LogP contribution in [0.25, 0.3) is 0 Å². The van der Waals surface area contributed by atoms with Gasteiger partial charge in [0.25, 0.3) is 0 Å². The minimum absolute atomic E-state index is 0.0725. The van der Waals surface area contributed by atoms with Crippen molar-refractivity contribution in [2.45, 2.75) is 26.7 Å². The van der Waals surface area contributed by atoms with Crippen LogP contribution in [0.5, 0.6) is 0 Å². The maximum atomic E-state index is 11.0. The normalized spacial score (nSPS) is 23.4. The maximum Gasteiger partial charge on any atom is 0.310 e. The highest BCUT2D eigenvalue weighted by Crippen LogP contribution is 2.22. The summed E-state index contributed by atoms with van der Waals surface area (Å²) in [6, 6.07) is 2.26. The molecule has 4 nitrogen and oxygen atoms in total. The highest BCUT2D eigenvalue weighted by Gasteiger charge is 2.31. The average molecular weight is 210 g/mol. The third-order valence-electron chi connectivity index (χ3n) is 2.89. The number of nitriles is 1. The van der Waals surface area contributed by atoms with Gasteiger partial charge >= 0.3 is 5.97 Å². The molecule has 84 valence electrons. The molecule has 0 amide bonds. The third kappa shape index (κ3) is 3.21. The summed E-state index contributed by atoms with van der Waals surface area (Å²) >= 11 is 0. The van der Waals surface area contributed by atoms with Crippen molar-refractivity contribution < 1.29 is 9.90 Å². The number of aliphatic carboxylic acids is 1. The van der Waals surface area contributed by atoms with Gasteiger partial charge in [0, 0.05) is 13.1 Å². The van der Waals surface area contributed by atoms with Gasteiger partial charge in [-0.05, 0) is 33.2 Å². The molecule has 0 aromatic rings. The topological polar surface area (TPSA) is 64.3 Å². The second-order valence-electron chi connectivity index (χ2n) is 4.89. The van der Waals surface area contributed by atoms with Crippen LogP contribution < -0.4 is 0 Å². The molecule has 1 atom stereocenters. The molecule has 1 heterocycles. The lowest BCUT2D eigenvalue weighted by molar-refractivity contribution is -0.148. The van der Waals surface area contributed by atoms with E-state index < -0.39 is 11.4 Å². The van der Waals surface area contributed by atoms with Gasteiger partial charge in [0.1, 0.15) is 0 Å². The maximum absolute atomic E-state index is 11.0. The van der Waals surface area contributed by atoms with Crippen LogP contribution >= 0.6 is 0 Å². The van der Waals surface area contributed by atoms with Crippen molar-refractivity contribution >= 4 is 5.97 Å². The second kappa shape index (κ2) is 4.63. The minimum Gasteiger partial charge on any atom is -0.481 e. The highest BCUT2D eigenvalue weighted by molar-refractivity contribution is 5.73. The number of likely N-dealkylation sites (tertiary alicyclic amines) is 1. The first-order valence-corrected chi connectivity index (χ1v) is 5.31. The molecule has 0 aliphatic carbocycles. The van der Waals surface area contributed by atoms with Gasteiger partial charge in [0.05, 0.1) is 17.4 Å². The van der Waals surface area contributed by atoms with E-state index >= 15 is 0 Å². The van der Waals surface area contributed by atoms with E-state index in [2.05, 4.69) is 11.0 Å². The molecule has 1 aliphatic heterocycles. The van der Waals surface area contributed by atoms with Crippen LogP contribution in [0.1, 0.15) is 26.7 Å². The number of nitrogens with zero attached hydrogens (tertiary/aromatic N) is 2.